The van der Waals surface area contributed by atoms with Gasteiger partial charge in [0.15, 0.2) is 0 Å². The number of rotatable bonds is 2. The van der Waals surface area contributed by atoms with Gasteiger partial charge in [0, 0.05) is 10.1 Å². The molecule has 0 radical (unpaired) electrons. The number of ether oxygens (including phenoxy) is 1. The van der Waals surface area contributed by atoms with Crippen molar-refractivity contribution in [2.24, 2.45) is 0 Å². The molecular weight excluding hydrogens is 231 g/mol. The highest BCUT2D eigenvalue weighted by Gasteiger charge is 2.46. The van der Waals surface area contributed by atoms with Crippen LogP contribution < -0.4 is 0 Å². The molecule has 0 bridgehead atoms. The molecule has 3 heteroatoms. The molecule has 0 aromatic heterocycles. The van der Waals surface area contributed by atoms with Gasteiger partial charge in [0.05, 0.1) is 5.60 Å². The van der Waals surface area contributed by atoms with Crippen LogP contribution in [0.15, 0.2) is 30.3 Å². The minimum absolute atomic E-state index is 0.0629. The molecule has 1 aromatic rings. The van der Waals surface area contributed by atoms with E-state index in [2.05, 4.69) is 0 Å². The van der Waals surface area contributed by atoms with Gasteiger partial charge >= 0.3 is 0 Å². The van der Waals surface area contributed by atoms with E-state index in [4.69, 9.17) is 27.9 Å². The lowest BCUT2D eigenvalue weighted by Gasteiger charge is -1.99. The molecule has 80 valence electrons. The fourth-order valence-corrected chi connectivity index (χ4v) is 1.73. The fraction of sp³-hybridized carbons (Fsp3) is 0.333. The number of epoxide rings is 1. The first kappa shape index (κ1) is 11.0. The Kier molecular flexibility index (Phi) is 2.80. The molecule has 1 aliphatic heterocycles. The van der Waals surface area contributed by atoms with Crippen molar-refractivity contribution in [2.45, 2.75) is 25.6 Å². The summed E-state index contributed by atoms with van der Waals surface area (Å²) in [4.78, 5) is 0. The Balaban J connectivity index is 2.14. The van der Waals surface area contributed by atoms with Crippen LogP contribution in [0.4, 0.5) is 0 Å². The van der Waals surface area contributed by atoms with Crippen LogP contribution in [0.2, 0.25) is 5.02 Å². The molecule has 1 unspecified atom stereocenters. The molecule has 1 fully saturated rings. The highest BCUT2D eigenvalue weighted by molar-refractivity contribution is 6.48. The Morgan fingerprint density at radius 1 is 1.33 bits per heavy atom. The normalized spacial score (nSPS) is 24.0. The molecule has 0 saturated carbocycles. The van der Waals surface area contributed by atoms with Crippen LogP contribution in [-0.2, 0) is 4.74 Å². The summed E-state index contributed by atoms with van der Waals surface area (Å²) in [6, 6.07) is 7.45. The maximum absolute atomic E-state index is 6.16. The summed E-state index contributed by atoms with van der Waals surface area (Å²) in [6.45, 7) is 4.08. The summed E-state index contributed by atoms with van der Waals surface area (Å²) in [5, 5.41) is 1.42. The van der Waals surface area contributed by atoms with Gasteiger partial charge in [0.25, 0.3) is 0 Å². The van der Waals surface area contributed by atoms with E-state index in [-0.39, 0.29) is 11.7 Å². The Labute approximate surface area is 99.6 Å². The summed E-state index contributed by atoms with van der Waals surface area (Å²) in [6.07, 6.45) is 2.06. The van der Waals surface area contributed by atoms with E-state index in [0.29, 0.717) is 10.1 Å². The van der Waals surface area contributed by atoms with E-state index >= 15 is 0 Å². The average Bonchev–Trinajstić information content (AvgIpc) is 2.74. The molecule has 0 amide bonds. The summed E-state index contributed by atoms with van der Waals surface area (Å²) in [5.41, 5.74) is 0.902. The Morgan fingerprint density at radius 2 is 1.87 bits per heavy atom. The SMILES string of the molecule is CC1(C)OC1C=C(Cl)c1ccc(Cl)cc1. The lowest BCUT2D eigenvalue weighted by molar-refractivity contribution is 0.334. The average molecular weight is 243 g/mol. The van der Waals surface area contributed by atoms with E-state index in [1.807, 2.05) is 44.2 Å². The number of hydrogen-bond donors (Lipinski definition) is 0. The van der Waals surface area contributed by atoms with E-state index in [9.17, 15) is 0 Å². The lowest BCUT2D eigenvalue weighted by atomic mass is 10.1. The van der Waals surface area contributed by atoms with Gasteiger partial charge in [-0.15, -0.1) is 0 Å². The highest BCUT2D eigenvalue weighted by atomic mass is 35.5. The largest absolute Gasteiger partial charge is 0.362 e. The minimum Gasteiger partial charge on any atom is -0.362 e. The molecule has 0 aliphatic carbocycles. The molecule has 1 aliphatic rings. The third-order valence-electron chi connectivity index (χ3n) is 2.48. The predicted molar refractivity (Wildman–Crippen MR) is 64.2 cm³/mol. The Morgan fingerprint density at radius 3 is 2.33 bits per heavy atom. The Bertz CT molecular complexity index is 393. The molecular formula is C12H12Cl2O. The van der Waals surface area contributed by atoms with E-state index in [0.717, 1.165) is 5.56 Å². The summed E-state index contributed by atoms with van der Waals surface area (Å²) < 4.78 is 5.43. The molecule has 0 N–H and O–H groups in total. The lowest BCUT2D eigenvalue weighted by Crippen LogP contribution is -1.99. The highest BCUT2D eigenvalue weighted by Crippen LogP contribution is 2.38. The van der Waals surface area contributed by atoms with Crippen LogP contribution in [0.5, 0.6) is 0 Å². The minimum atomic E-state index is -0.0629. The fourth-order valence-electron chi connectivity index (χ4n) is 1.37. The van der Waals surface area contributed by atoms with Gasteiger partial charge in [-0.2, -0.15) is 0 Å². The first-order valence-electron chi connectivity index (χ1n) is 4.80. The van der Waals surface area contributed by atoms with Gasteiger partial charge < -0.3 is 4.74 Å². The second kappa shape index (κ2) is 3.82. The Hall–Kier alpha value is -0.500. The second-order valence-corrected chi connectivity index (χ2v) is 5.01. The first-order valence-corrected chi connectivity index (χ1v) is 5.56. The van der Waals surface area contributed by atoms with Gasteiger partial charge in [0.1, 0.15) is 6.10 Å². The zero-order valence-electron chi connectivity index (χ0n) is 8.63. The van der Waals surface area contributed by atoms with Crippen LogP contribution in [0.25, 0.3) is 5.03 Å². The van der Waals surface area contributed by atoms with Crippen molar-refractivity contribution in [1.29, 1.82) is 0 Å². The van der Waals surface area contributed by atoms with Crippen molar-refractivity contribution < 1.29 is 4.74 Å². The summed E-state index contributed by atoms with van der Waals surface area (Å²) >= 11 is 12.0. The zero-order chi connectivity index (χ0) is 11.1. The van der Waals surface area contributed by atoms with Crippen molar-refractivity contribution in [3.8, 4) is 0 Å². The monoisotopic (exact) mass is 242 g/mol. The molecule has 2 rings (SSSR count). The van der Waals surface area contributed by atoms with Gasteiger partial charge in [-0.05, 0) is 37.6 Å². The molecule has 1 heterocycles. The molecule has 0 spiro atoms. The third-order valence-corrected chi connectivity index (χ3v) is 3.07. The summed E-state index contributed by atoms with van der Waals surface area (Å²) in [7, 11) is 0. The summed E-state index contributed by atoms with van der Waals surface area (Å²) in [5.74, 6) is 0. The molecule has 1 aromatic carbocycles. The van der Waals surface area contributed by atoms with Gasteiger partial charge in [-0.1, -0.05) is 35.3 Å². The van der Waals surface area contributed by atoms with Crippen LogP contribution in [0, 0.1) is 0 Å². The van der Waals surface area contributed by atoms with Crippen LogP contribution in [0.1, 0.15) is 19.4 Å². The second-order valence-electron chi connectivity index (χ2n) is 4.16. The van der Waals surface area contributed by atoms with Crippen molar-refractivity contribution >= 4 is 28.2 Å². The maximum atomic E-state index is 6.16. The maximum Gasteiger partial charge on any atom is 0.107 e. The third kappa shape index (κ3) is 2.54. The van der Waals surface area contributed by atoms with Crippen LogP contribution in [-0.4, -0.2) is 11.7 Å². The quantitative estimate of drug-likeness (QED) is 0.712. The van der Waals surface area contributed by atoms with Crippen molar-refractivity contribution in [1.82, 2.24) is 0 Å². The standard InChI is InChI=1S/C12H12Cl2O/c1-12(2)11(15-12)7-10(14)8-3-5-9(13)6-4-8/h3-7,11H,1-2H3. The van der Waals surface area contributed by atoms with Crippen LogP contribution in [0.3, 0.4) is 0 Å². The van der Waals surface area contributed by atoms with Gasteiger partial charge in [-0.25, -0.2) is 0 Å². The molecule has 15 heavy (non-hydrogen) atoms. The van der Waals surface area contributed by atoms with Crippen molar-refractivity contribution in [2.75, 3.05) is 0 Å². The van der Waals surface area contributed by atoms with Crippen LogP contribution >= 0.6 is 23.2 Å². The van der Waals surface area contributed by atoms with Crippen molar-refractivity contribution in [3.63, 3.8) is 0 Å². The van der Waals surface area contributed by atoms with E-state index < -0.39 is 0 Å². The molecule has 1 atom stereocenters. The first-order chi connectivity index (χ1) is 6.99. The smallest absolute Gasteiger partial charge is 0.107 e. The van der Waals surface area contributed by atoms with Gasteiger partial charge in [-0.3, -0.25) is 0 Å². The number of hydrogen-bond acceptors (Lipinski definition) is 1. The van der Waals surface area contributed by atoms with Gasteiger partial charge in [0.2, 0.25) is 0 Å². The molecule has 1 saturated heterocycles. The van der Waals surface area contributed by atoms with Crippen molar-refractivity contribution in [3.05, 3.63) is 40.9 Å². The topological polar surface area (TPSA) is 12.5 Å². The number of benzene rings is 1. The predicted octanol–water partition coefficient (Wildman–Crippen LogP) is 4.10. The zero-order valence-corrected chi connectivity index (χ0v) is 10.1. The van der Waals surface area contributed by atoms with E-state index in [1.54, 1.807) is 0 Å². The number of halogens is 2. The molecule has 1 nitrogen and oxygen atoms in total. The van der Waals surface area contributed by atoms with E-state index in [1.165, 1.54) is 0 Å².